The number of sulfonamides is 1. The van der Waals surface area contributed by atoms with Crippen molar-refractivity contribution in [3.63, 3.8) is 0 Å². The van der Waals surface area contributed by atoms with Crippen molar-refractivity contribution in [1.82, 2.24) is 4.72 Å². The van der Waals surface area contributed by atoms with E-state index >= 15 is 0 Å². The molecule has 0 aliphatic heterocycles. The van der Waals surface area contributed by atoms with Crippen LogP contribution in [0.15, 0.2) is 30.9 Å². The molecule has 1 aromatic rings. The fourth-order valence-electron chi connectivity index (χ4n) is 1.58. The Balaban J connectivity index is 2.82. The Bertz CT molecular complexity index is 585. The van der Waals surface area contributed by atoms with Crippen LogP contribution in [0.25, 0.3) is 0 Å². The van der Waals surface area contributed by atoms with E-state index in [1.165, 1.54) is 13.0 Å². The average Bonchev–Trinajstić information content (AvgIpc) is 2.34. The Morgan fingerprint density at radius 3 is 2.65 bits per heavy atom. The molecule has 0 heterocycles. The predicted molar refractivity (Wildman–Crippen MR) is 72.5 cm³/mol. The molecule has 0 radical (unpaired) electrons. The molecule has 0 aliphatic rings. The summed E-state index contributed by atoms with van der Waals surface area (Å²) in [5, 5.41) is 10.1. The van der Waals surface area contributed by atoms with Crippen LogP contribution >= 0.6 is 0 Å². The summed E-state index contributed by atoms with van der Waals surface area (Å²) >= 11 is 0. The van der Waals surface area contributed by atoms with Gasteiger partial charge in [-0.3, -0.25) is 0 Å². The highest BCUT2D eigenvalue weighted by Crippen LogP contribution is 2.23. The minimum atomic E-state index is -3.58. The van der Waals surface area contributed by atoms with Gasteiger partial charge in [0.25, 0.3) is 0 Å². The standard InChI is InChI=1S/C13H17F2NO3S/c1-3-4-7-20(18,19)16-9-13(2,17)11-6-5-10(14)8-12(11)15/h3,5-6,8,16-17H,1,4,7,9H2,2H3. The molecule has 1 unspecified atom stereocenters. The molecule has 0 aromatic heterocycles. The molecule has 0 amide bonds. The monoisotopic (exact) mass is 305 g/mol. The molecule has 0 fully saturated rings. The van der Waals surface area contributed by atoms with E-state index in [9.17, 15) is 22.3 Å². The van der Waals surface area contributed by atoms with E-state index in [1.807, 2.05) is 0 Å². The number of benzene rings is 1. The highest BCUT2D eigenvalue weighted by molar-refractivity contribution is 7.89. The van der Waals surface area contributed by atoms with Crippen molar-refractivity contribution < 1.29 is 22.3 Å². The van der Waals surface area contributed by atoms with Gasteiger partial charge in [-0.1, -0.05) is 12.1 Å². The zero-order chi connectivity index (χ0) is 15.4. The number of nitrogens with one attached hydrogen (secondary N) is 1. The highest BCUT2D eigenvalue weighted by atomic mass is 32.2. The molecule has 1 rings (SSSR count). The molecule has 1 aromatic carbocycles. The molecule has 0 spiro atoms. The molecule has 20 heavy (non-hydrogen) atoms. The maximum absolute atomic E-state index is 13.6. The van der Waals surface area contributed by atoms with Gasteiger partial charge in [0.05, 0.1) is 5.75 Å². The number of halogens is 2. The van der Waals surface area contributed by atoms with E-state index < -0.39 is 33.8 Å². The van der Waals surface area contributed by atoms with Crippen LogP contribution in [0.5, 0.6) is 0 Å². The lowest BCUT2D eigenvalue weighted by Gasteiger charge is -2.24. The summed E-state index contributed by atoms with van der Waals surface area (Å²) < 4.78 is 51.7. The summed E-state index contributed by atoms with van der Waals surface area (Å²) in [6.45, 7) is 4.25. The van der Waals surface area contributed by atoms with Gasteiger partial charge < -0.3 is 5.11 Å². The van der Waals surface area contributed by atoms with Crippen LogP contribution in [0.3, 0.4) is 0 Å². The van der Waals surface area contributed by atoms with Gasteiger partial charge in [0.1, 0.15) is 17.2 Å². The third-order valence-corrected chi connectivity index (χ3v) is 4.10. The van der Waals surface area contributed by atoms with Crippen LogP contribution < -0.4 is 4.72 Å². The van der Waals surface area contributed by atoms with Crippen molar-refractivity contribution >= 4 is 10.0 Å². The second-order valence-corrected chi connectivity index (χ2v) is 6.54. The van der Waals surface area contributed by atoms with Gasteiger partial charge >= 0.3 is 0 Å². The van der Waals surface area contributed by atoms with Crippen molar-refractivity contribution in [2.75, 3.05) is 12.3 Å². The number of allylic oxidation sites excluding steroid dienone is 1. The van der Waals surface area contributed by atoms with Crippen molar-refractivity contribution in [3.05, 3.63) is 48.1 Å². The van der Waals surface area contributed by atoms with Crippen LogP contribution in [0.2, 0.25) is 0 Å². The molecule has 112 valence electrons. The number of hydrogen-bond acceptors (Lipinski definition) is 3. The molecule has 4 nitrogen and oxygen atoms in total. The first-order valence-electron chi connectivity index (χ1n) is 5.94. The van der Waals surface area contributed by atoms with Crippen molar-refractivity contribution in [2.45, 2.75) is 18.9 Å². The topological polar surface area (TPSA) is 66.4 Å². The van der Waals surface area contributed by atoms with Crippen LogP contribution in [0, 0.1) is 11.6 Å². The maximum Gasteiger partial charge on any atom is 0.212 e. The highest BCUT2D eigenvalue weighted by Gasteiger charge is 2.28. The van der Waals surface area contributed by atoms with Crippen molar-refractivity contribution in [1.29, 1.82) is 0 Å². The third-order valence-electron chi connectivity index (χ3n) is 2.74. The number of rotatable bonds is 7. The Labute approximate surface area is 117 Å². The van der Waals surface area contributed by atoms with E-state index in [-0.39, 0.29) is 17.7 Å². The zero-order valence-electron chi connectivity index (χ0n) is 11.1. The van der Waals surface area contributed by atoms with E-state index in [1.54, 1.807) is 0 Å². The summed E-state index contributed by atoms with van der Waals surface area (Å²) in [5.41, 5.74) is -1.95. The first-order valence-corrected chi connectivity index (χ1v) is 7.59. The SMILES string of the molecule is C=CCCS(=O)(=O)NCC(C)(O)c1ccc(F)cc1F. The fraction of sp³-hybridized carbons (Fsp3) is 0.385. The summed E-state index contributed by atoms with van der Waals surface area (Å²) in [4.78, 5) is 0. The Morgan fingerprint density at radius 1 is 1.45 bits per heavy atom. The Morgan fingerprint density at radius 2 is 2.10 bits per heavy atom. The lowest BCUT2D eigenvalue weighted by atomic mass is 9.96. The maximum atomic E-state index is 13.6. The zero-order valence-corrected chi connectivity index (χ0v) is 11.9. The van der Waals surface area contributed by atoms with Gasteiger partial charge in [-0.25, -0.2) is 21.9 Å². The minimum absolute atomic E-state index is 0.168. The molecule has 0 aliphatic carbocycles. The summed E-state index contributed by atoms with van der Waals surface area (Å²) in [5.74, 6) is -1.87. The van der Waals surface area contributed by atoms with E-state index in [2.05, 4.69) is 11.3 Å². The molecule has 2 N–H and O–H groups in total. The van der Waals surface area contributed by atoms with Gasteiger partial charge in [-0.15, -0.1) is 6.58 Å². The normalized spacial score (nSPS) is 14.8. The Hall–Kier alpha value is -1.31. The van der Waals surface area contributed by atoms with Gasteiger partial charge in [0.2, 0.25) is 10.0 Å². The first-order chi connectivity index (χ1) is 9.18. The summed E-state index contributed by atoms with van der Waals surface area (Å²) in [7, 11) is -3.58. The second kappa shape index (κ2) is 6.43. The lowest BCUT2D eigenvalue weighted by molar-refractivity contribution is 0.0588. The average molecular weight is 305 g/mol. The Kier molecular flexibility index (Phi) is 5.38. The van der Waals surface area contributed by atoms with Gasteiger partial charge in [0.15, 0.2) is 0 Å². The molecule has 0 bridgehead atoms. The van der Waals surface area contributed by atoms with Crippen molar-refractivity contribution in [2.24, 2.45) is 0 Å². The fourth-order valence-corrected chi connectivity index (χ4v) is 2.70. The van der Waals surface area contributed by atoms with Crippen LogP contribution in [-0.4, -0.2) is 25.8 Å². The third kappa shape index (κ3) is 4.66. The van der Waals surface area contributed by atoms with E-state index in [0.717, 1.165) is 12.1 Å². The smallest absolute Gasteiger partial charge is 0.212 e. The van der Waals surface area contributed by atoms with Crippen LogP contribution in [-0.2, 0) is 15.6 Å². The largest absolute Gasteiger partial charge is 0.384 e. The lowest BCUT2D eigenvalue weighted by Crippen LogP contribution is -2.40. The molecule has 0 saturated heterocycles. The first kappa shape index (κ1) is 16.7. The molecule has 7 heteroatoms. The molecule has 1 atom stereocenters. The van der Waals surface area contributed by atoms with E-state index in [4.69, 9.17) is 0 Å². The number of aliphatic hydroxyl groups is 1. The van der Waals surface area contributed by atoms with Gasteiger partial charge in [0, 0.05) is 18.2 Å². The molecule has 0 saturated carbocycles. The van der Waals surface area contributed by atoms with Gasteiger partial charge in [-0.2, -0.15) is 0 Å². The van der Waals surface area contributed by atoms with Gasteiger partial charge in [-0.05, 0) is 19.4 Å². The summed E-state index contributed by atoms with van der Waals surface area (Å²) in [6, 6.07) is 2.72. The van der Waals surface area contributed by atoms with Crippen LogP contribution in [0.1, 0.15) is 18.9 Å². The van der Waals surface area contributed by atoms with E-state index in [0.29, 0.717) is 6.07 Å². The van der Waals surface area contributed by atoms with Crippen molar-refractivity contribution in [3.8, 4) is 0 Å². The predicted octanol–water partition coefficient (Wildman–Crippen LogP) is 1.67. The molecular weight excluding hydrogens is 288 g/mol. The molecular formula is C13H17F2NO3S. The quantitative estimate of drug-likeness (QED) is 0.753. The second-order valence-electron chi connectivity index (χ2n) is 4.62. The van der Waals surface area contributed by atoms with Crippen LogP contribution in [0.4, 0.5) is 8.78 Å². The summed E-state index contributed by atoms with van der Waals surface area (Å²) in [6.07, 6.45) is 1.72. The minimum Gasteiger partial charge on any atom is -0.384 e. The number of hydrogen-bond donors (Lipinski definition) is 2.